The molecular weight excluding hydrogens is 420 g/mol. The molecule has 0 aromatic carbocycles. The average molecular weight is 461 g/mol. The molecule has 0 saturated carbocycles. The molecule has 0 aromatic rings. The summed E-state index contributed by atoms with van der Waals surface area (Å²) in [6, 6.07) is -3.57. The maximum absolute atomic E-state index is 12.9. The Balaban J connectivity index is 5.40. The number of carboxylic acids is 1. The van der Waals surface area contributed by atoms with Gasteiger partial charge in [-0.25, -0.2) is 4.79 Å². The van der Waals surface area contributed by atoms with Crippen molar-refractivity contribution in [2.24, 2.45) is 23.5 Å². The Labute approximate surface area is 190 Å². The first-order chi connectivity index (χ1) is 14.3. The second-order valence-electron chi connectivity index (χ2n) is 8.87. The van der Waals surface area contributed by atoms with Crippen molar-refractivity contribution in [3.05, 3.63) is 0 Å². The average Bonchev–Trinajstić information content (AvgIpc) is 2.66. The van der Waals surface area contributed by atoms with Gasteiger partial charge in [-0.05, 0) is 42.6 Å². The SMILES string of the molecule is CSCCC(NC(=O)C(CC(C)C)NC(=O)C(NC(=O)C(N)C(C)C)C(C)C)C(=O)O. The fraction of sp³-hybridized carbons (Fsp3) is 0.810. The highest BCUT2D eigenvalue weighted by atomic mass is 32.2. The van der Waals surface area contributed by atoms with Crippen molar-refractivity contribution in [2.45, 2.75) is 78.6 Å². The van der Waals surface area contributed by atoms with Gasteiger partial charge in [0.25, 0.3) is 0 Å². The van der Waals surface area contributed by atoms with Crippen LogP contribution in [0.15, 0.2) is 0 Å². The molecule has 0 aliphatic rings. The Morgan fingerprint density at radius 1 is 0.839 bits per heavy atom. The van der Waals surface area contributed by atoms with Gasteiger partial charge < -0.3 is 26.8 Å². The lowest BCUT2D eigenvalue weighted by Crippen LogP contribution is -2.59. The largest absolute Gasteiger partial charge is 0.480 e. The normalized spacial score (nSPS) is 15.3. The van der Waals surface area contributed by atoms with Gasteiger partial charge in [-0.3, -0.25) is 14.4 Å². The summed E-state index contributed by atoms with van der Waals surface area (Å²) in [4.78, 5) is 49.6. The summed E-state index contributed by atoms with van der Waals surface area (Å²) in [5.41, 5.74) is 5.88. The lowest BCUT2D eigenvalue weighted by atomic mass is 9.98. The summed E-state index contributed by atoms with van der Waals surface area (Å²) in [7, 11) is 0. The van der Waals surface area contributed by atoms with Gasteiger partial charge in [0.2, 0.25) is 17.7 Å². The van der Waals surface area contributed by atoms with Gasteiger partial charge in [0, 0.05) is 0 Å². The molecule has 0 fully saturated rings. The summed E-state index contributed by atoms with van der Waals surface area (Å²) < 4.78 is 0. The third kappa shape index (κ3) is 10.9. The van der Waals surface area contributed by atoms with Crippen molar-refractivity contribution >= 4 is 35.5 Å². The third-order valence-corrected chi connectivity index (χ3v) is 5.48. The van der Waals surface area contributed by atoms with Crippen molar-refractivity contribution in [2.75, 3.05) is 12.0 Å². The van der Waals surface area contributed by atoms with Crippen LogP contribution in [-0.4, -0.2) is 65.0 Å². The zero-order valence-corrected chi connectivity index (χ0v) is 20.5. The molecule has 4 atom stereocenters. The van der Waals surface area contributed by atoms with E-state index >= 15 is 0 Å². The molecule has 0 spiro atoms. The number of carbonyl (C=O) groups excluding carboxylic acids is 3. The van der Waals surface area contributed by atoms with E-state index in [0.717, 1.165) is 0 Å². The number of carbonyl (C=O) groups is 4. The number of thioether (sulfide) groups is 1. The van der Waals surface area contributed by atoms with Gasteiger partial charge in [-0.1, -0.05) is 41.5 Å². The Bertz CT molecular complexity index is 613. The summed E-state index contributed by atoms with van der Waals surface area (Å²) in [6.07, 6.45) is 2.47. The fourth-order valence-corrected chi connectivity index (χ4v) is 3.29. The Hall–Kier alpha value is -1.81. The zero-order valence-electron chi connectivity index (χ0n) is 19.7. The smallest absolute Gasteiger partial charge is 0.326 e. The number of hydrogen-bond acceptors (Lipinski definition) is 6. The van der Waals surface area contributed by atoms with Crippen molar-refractivity contribution < 1.29 is 24.3 Å². The predicted molar refractivity (Wildman–Crippen MR) is 124 cm³/mol. The van der Waals surface area contributed by atoms with Crippen LogP contribution in [-0.2, 0) is 19.2 Å². The standard InChI is InChI=1S/C21H40N4O5S/c1-11(2)10-15(18(26)23-14(21(29)30)8-9-31-7)24-20(28)17(13(5)6)25-19(27)16(22)12(3)4/h11-17H,8-10,22H2,1-7H3,(H,23,26)(H,24,28)(H,25,27)(H,29,30). The molecule has 9 nitrogen and oxygen atoms in total. The third-order valence-electron chi connectivity index (χ3n) is 4.83. The Morgan fingerprint density at radius 2 is 1.39 bits per heavy atom. The quantitative estimate of drug-likeness (QED) is 0.259. The molecule has 4 unspecified atom stereocenters. The van der Waals surface area contributed by atoms with Gasteiger partial charge in [-0.2, -0.15) is 11.8 Å². The molecule has 0 rings (SSSR count). The Kier molecular flexibility index (Phi) is 13.5. The number of amides is 3. The molecular formula is C21H40N4O5S. The molecule has 3 amide bonds. The van der Waals surface area contributed by atoms with E-state index in [9.17, 15) is 24.3 Å². The number of nitrogens with two attached hydrogens (primary N) is 1. The molecule has 10 heteroatoms. The van der Waals surface area contributed by atoms with Crippen LogP contribution in [0.3, 0.4) is 0 Å². The fourth-order valence-electron chi connectivity index (χ4n) is 2.82. The van der Waals surface area contributed by atoms with E-state index in [1.165, 1.54) is 11.8 Å². The molecule has 0 aliphatic carbocycles. The van der Waals surface area contributed by atoms with Crippen LogP contribution in [0.5, 0.6) is 0 Å². The zero-order chi connectivity index (χ0) is 24.3. The van der Waals surface area contributed by atoms with E-state index in [2.05, 4.69) is 16.0 Å². The minimum atomic E-state index is -1.12. The summed E-state index contributed by atoms with van der Waals surface area (Å²) in [5.74, 6) is -2.28. The number of nitrogens with one attached hydrogen (secondary N) is 3. The summed E-state index contributed by atoms with van der Waals surface area (Å²) in [5, 5.41) is 17.3. The molecule has 0 heterocycles. The number of aliphatic carboxylic acids is 1. The first-order valence-corrected chi connectivity index (χ1v) is 12.1. The van der Waals surface area contributed by atoms with Crippen LogP contribution < -0.4 is 21.7 Å². The minimum absolute atomic E-state index is 0.0759. The van der Waals surface area contributed by atoms with Crippen LogP contribution >= 0.6 is 11.8 Å². The molecule has 0 aliphatic heterocycles. The molecule has 0 radical (unpaired) electrons. The van der Waals surface area contributed by atoms with Crippen LogP contribution in [0, 0.1) is 17.8 Å². The van der Waals surface area contributed by atoms with Crippen molar-refractivity contribution in [3.8, 4) is 0 Å². The first-order valence-electron chi connectivity index (χ1n) is 10.7. The second kappa shape index (κ2) is 14.3. The number of hydrogen-bond donors (Lipinski definition) is 5. The number of rotatable bonds is 14. The minimum Gasteiger partial charge on any atom is -0.480 e. The lowest BCUT2D eigenvalue weighted by molar-refractivity contribution is -0.142. The maximum atomic E-state index is 12.9. The first kappa shape index (κ1) is 29.2. The summed E-state index contributed by atoms with van der Waals surface area (Å²) in [6.45, 7) is 11.0. The van der Waals surface area contributed by atoms with Crippen LogP contribution in [0.1, 0.15) is 54.4 Å². The van der Waals surface area contributed by atoms with E-state index in [1.807, 2.05) is 34.0 Å². The van der Waals surface area contributed by atoms with Crippen molar-refractivity contribution in [3.63, 3.8) is 0 Å². The van der Waals surface area contributed by atoms with Gasteiger partial charge in [-0.15, -0.1) is 0 Å². The summed E-state index contributed by atoms with van der Waals surface area (Å²) >= 11 is 1.49. The monoisotopic (exact) mass is 460 g/mol. The van der Waals surface area contributed by atoms with Gasteiger partial charge in [0.05, 0.1) is 6.04 Å². The van der Waals surface area contributed by atoms with Crippen molar-refractivity contribution in [1.82, 2.24) is 16.0 Å². The van der Waals surface area contributed by atoms with Crippen LogP contribution in [0.25, 0.3) is 0 Å². The van der Waals surface area contributed by atoms with E-state index in [-0.39, 0.29) is 24.2 Å². The molecule has 0 aromatic heterocycles. The number of carboxylic acid groups (broad SMARTS) is 1. The molecule has 0 saturated heterocycles. The highest BCUT2D eigenvalue weighted by Crippen LogP contribution is 2.10. The maximum Gasteiger partial charge on any atom is 0.326 e. The predicted octanol–water partition coefficient (Wildman–Crippen LogP) is 0.964. The van der Waals surface area contributed by atoms with Gasteiger partial charge in [0.1, 0.15) is 18.1 Å². The molecule has 180 valence electrons. The molecule has 0 bridgehead atoms. The van der Waals surface area contributed by atoms with Crippen LogP contribution in [0.2, 0.25) is 0 Å². The van der Waals surface area contributed by atoms with Gasteiger partial charge in [0.15, 0.2) is 0 Å². The van der Waals surface area contributed by atoms with E-state index in [1.54, 1.807) is 13.8 Å². The lowest BCUT2D eigenvalue weighted by Gasteiger charge is -2.28. The van der Waals surface area contributed by atoms with E-state index in [4.69, 9.17) is 5.73 Å². The van der Waals surface area contributed by atoms with E-state index < -0.39 is 47.9 Å². The van der Waals surface area contributed by atoms with Gasteiger partial charge >= 0.3 is 5.97 Å². The van der Waals surface area contributed by atoms with E-state index in [0.29, 0.717) is 12.2 Å². The molecule has 31 heavy (non-hydrogen) atoms. The topological polar surface area (TPSA) is 151 Å². The Morgan fingerprint density at radius 3 is 1.81 bits per heavy atom. The highest BCUT2D eigenvalue weighted by Gasteiger charge is 2.32. The molecule has 6 N–H and O–H groups in total. The highest BCUT2D eigenvalue weighted by molar-refractivity contribution is 7.98. The second-order valence-corrected chi connectivity index (χ2v) is 9.86. The van der Waals surface area contributed by atoms with Crippen LogP contribution in [0.4, 0.5) is 0 Å². The van der Waals surface area contributed by atoms with Crippen molar-refractivity contribution in [1.29, 1.82) is 0 Å².